The fourth-order valence-corrected chi connectivity index (χ4v) is 3.31. The van der Waals surface area contributed by atoms with Crippen molar-refractivity contribution in [1.29, 1.82) is 0 Å². The van der Waals surface area contributed by atoms with Crippen molar-refractivity contribution in [3.05, 3.63) is 94.5 Å². The molecule has 3 aromatic rings. The molecule has 0 bridgehead atoms. The van der Waals surface area contributed by atoms with Gasteiger partial charge in [0.2, 0.25) is 0 Å². The van der Waals surface area contributed by atoms with E-state index in [0.717, 1.165) is 11.1 Å². The van der Waals surface area contributed by atoms with Gasteiger partial charge in [-0.2, -0.15) is 13.5 Å². The summed E-state index contributed by atoms with van der Waals surface area (Å²) in [5.41, 5.74) is 2.61. The Balaban J connectivity index is 1.68. The van der Waals surface area contributed by atoms with Crippen LogP contribution in [0, 0.1) is 6.92 Å². The third kappa shape index (κ3) is 5.34. The Morgan fingerprint density at radius 2 is 1.68 bits per heavy atom. The molecule has 3 rings (SSSR count). The van der Waals surface area contributed by atoms with Gasteiger partial charge in [-0.3, -0.25) is 0 Å². The lowest BCUT2D eigenvalue weighted by Gasteiger charge is -2.09. The fourth-order valence-electron chi connectivity index (χ4n) is 2.40. The average molecular weight is 415 g/mol. The third-order valence-electron chi connectivity index (χ3n) is 3.93. The van der Waals surface area contributed by atoms with E-state index < -0.39 is 10.0 Å². The van der Waals surface area contributed by atoms with E-state index >= 15 is 0 Å². The molecule has 0 fully saturated rings. The molecule has 0 saturated carbocycles. The average Bonchev–Trinajstić information content (AvgIpc) is 2.69. The van der Waals surface area contributed by atoms with Gasteiger partial charge < -0.3 is 4.74 Å². The van der Waals surface area contributed by atoms with Crippen molar-refractivity contribution in [3.63, 3.8) is 0 Å². The fraction of sp³-hybridized carbons (Fsp3) is 0.0952. The summed E-state index contributed by atoms with van der Waals surface area (Å²) in [7, 11) is -3.72. The first kappa shape index (κ1) is 19.9. The Kier molecular flexibility index (Phi) is 6.34. The summed E-state index contributed by atoms with van der Waals surface area (Å²) in [6.07, 6.45) is 1.42. The van der Waals surface area contributed by atoms with E-state index in [1.54, 1.807) is 36.4 Å². The van der Waals surface area contributed by atoms with Crippen LogP contribution in [-0.4, -0.2) is 14.6 Å². The van der Waals surface area contributed by atoms with E-state index in [1.807, 2.05) is 31.2 Å². The minimum Gasteiger partial charge on any atom is -0.488 e. The molecule has 0 saturated heterocycles. The van der Waals surface area contributed by atoms with Crippen molar-refractivity contribution in [2.45, 2.75) is 18.4 Å². The number of rotatable bonds is 7. The van der Waals surface area contributed by atoms with Gasteiger partial charge in [-0.05, 0) is 48.9 Å². The highest BCUT2D eigenvalue weighted by molar-refractivity contribution is 7.89. The van der Waals surface area contributed by atoms with Crippen LogP contribution in [0.4, 0.5) is 0 Å². The zero-order valence-corrected chi connectivity index (χ0v) is 16.7. The summed E-state index contributed by atoms with van der Waals surface area (Å²) < 4.78 is 30.4. The van der Waals surface area contributed by atoms with Crippen LogP contribution in [0.3, 0.4) is 0 Å². The molecule has 0 aromatic heterocycles. The van der Waals surface area contributed by atoms with E-state index in [0.29, 0.717) is 22.9 Å². The lowest BCUT2D eigenvalue weighted by Crippen LogP contribution is -2.18. The first-order valence-corrected chi connectivity index (χ1v) is 10.4. The summed E-state index contributed by atoms with van der Waals surface area (Å²) in [6.45, 7) is 2.25. The molecule has 0 heterocycles. The number of aryl methyl sites for hydroxylation is 1. The van der Waals surface area contributed by atoms with Gasteiger partial charge >= 0.3 is 0 Å². The molecule has 0 aliphatic heterocycles. The Bertz CT molecular complexity index is 1060. The highest BCUT2D eigenvalue weighted by Crippen LogP contribution is 2.18. The molecule has 5 nitrogen and oxygen atoms in total. The number of nitrogens with zero attached hydrogens (tertiary/aromatic N) is 1. The van der Waals surface area contributed by atoms with Crippen molar-refractivity contribution in [1.82, 2.24) is 4.83 Å². The predicted octanol–water partition coefficient (Wildman–Crippen LogP) is 4.54. The molecule has 1 N–H and O–H groups in total. The van der Waals surface area contributed by atoms with Crippen molar-refractivity contribution in [2.24, 2.45) is 5.10 Å². The zero-order valence-electron chi connectivity index (χ0n) is 15.2. The maximum absolute atomic E-state index is 12.3. The molecule has 144 valence electrons. The summed E-state index contributed by atoms with van der Waals surface area (Å²) >= 11 is 5.89. The molecule has 3 aromatic carbocycles. The second-order valence-electron chi connectivity index (χ2n) is 6.12. The largest absolute Gasteiger partial charge is 0.488 e. The second-order valence-corrected chi connectivity index (χ2v) is 8.22. The molecule has 0 atom stereocenters. The topological polar surface area (TPSA) is 67.8 Å². The standard InChI is InChI=1S/C21H19ClN2O3S/c1-16-6-12-20(13-7-16)28(25,26)24-23-14-18-4-2-3-5-21(18)27-15-17-8-10-19(22)11-9-17/h2-14,24H,15H2,1H3. The second kappa shape index (κ2) is 8.91. The van der Waals surface area contributed by atoms with E-state index in [2.05, 4.69) is 9.93 Å². The summed E-state index contributed by atoms with van der Waals surface area (Å²) in [4.78, 5) is 2.38. The minimum absolute atomic E-state index is 0.155. The van der Waals surface area contributed by atoms with Crippen LogP contribution >= 0.6 is 11.6 Å². The van der Waals surface area contributed by atoms with E-state index in [-0.39, 0.29) is 4.90 Å². The van der Waals surface area contributed by atoms with E-state index in [9.17, 15) is 8.42 Å². The minimum atomic E-state index is -3.72. The number of halogens is 1. The lowest BCUT2D eigenvalue weighted by molar-refractivity contribution is 0.306. The number of sulfonamides is 1. The molecule has 0 spiro atoms. The van der Waals surface area contributed by atoms with Crippen LogP contribution in [0.2, 0.25) is 5.02 Å². The number of benzene rings is 3. The summed E-state index contributed by atoms with van der Waals surface area (Å²) in [5.74, 6) is 0.593. The maximum atomic E-state index is 12.3. The van der Waals surface area contributed by atoms with Gasteiger partial charge in [0.1, 0.15) is 12.4 Å². The summed E-state index contributed by atoms with van der Waals surface area (Å²) in [5, 5.41) is 4.54. The first-order valence-electron chi connectivity index (χ1n) is 8.52. The van der Waals surface area contributed by atoms with Crippen molar-refractivity contribution in [3.8, 4) is 5.75 Å². The van der Waals surface area contributed by atoms with Crippen LogP contribution in [0.25, 0.3) is 0 Å². The van der Waals surface area contributed by atoms with Gasteiger partial charge in [-0.25, -0.2) is 4.83 Å². The molecule has 0 aliphatic carbocycles. The van der Waals surface area contributed by atoms with Crippen molar-refractivity contribution < 1.29 is 13.2 Å². The molecule has 0 amide bonds. The van der Waals surface area contributed by atoms with Crippen molar-refractivity contribution in [2.75, 3.05) is 0 Å². The van der Waals surface area contributed by atoms with Crippen LogP contribution in [0.15, 0.2) is 82.8 Å². The molecule has 0 unspecified atom stereocenters. The monoisotopic (exact) mass is 414 g/mol. The maximum Gasteiger partial charge on any atom is 0.276 e. The number of hydrogen-bond acceptors (Lipinski definition) is 4. The number of para-hydroxylation sites is 1. The van der Waals surface area contributed by atoms with Gasteiger partial charge in [0.05, 0.1) is 11.1 Å². The van der Waals surface area contributed by atoms with E-state index in [1.165, 1.54) is 18.3 Å². The Morgan fingerprint density at radius 1 is 1.00 bits per heavy atom. The van der Waals surface area contributed by atoms with Crippen LogP contribution in [0.5, 0.6) is 5.75 Å². The number of nitrogens with one attached hydrogen (secondary N) is 1. The number of hydrogen-bond donors (Lipinski definition) is 1. The normalized spacial score (nSPS) is 11.5. The SMILES string of the molecule is Cc1ccc(S(=O)(=O)NN=Cc2ccccc2OCc2ccc(Cl)cc2)cc1. The number of ether oxygens (including phenoxy) is 1. The Morgan fingerprint density at radius 3 is 2.39 bits per heavy atom. The predicted molar refractivity (Wildman–Crippen MR) is 111 cm³/mol. The van der Waals surface area contributed by atoms with E-state index in [4.69, 9.17) is 16.3 Å². The van der Waals surface area contributed by atoms with Gasteiger partial charge in [-0.1, -0.05) is 53.6 Å². The Labute approximate surface area is 169 Å². The quantitative estimate of drug-likeness (QED) is 0.456. The highest BCUT2D eigenvalue weighted by Gasteiger charge is 2.12. The van der Waals surface area contributed by atoms with Crippen LogP contribution in [-0.2, 0) is 16.6 Å². The van der Waals surface area contributed by atoms with Gasteiger partial charge in [0.15, 0.2) is 0 Å². The molecule has 0 aliphatic rings. The van der Waals surface area contributed by atoms with Crippen LogP contribution in [0.1, 0.15) is 16.7 Å². The smallest absolute Gasteiger partial charge is 0.276 e. The van der Waals surface area contributed by atoms with Crippen molar-refractivity contribution >= 4 is 27.8 Å². The third-order valence-corrected chi connectivity index (χ3v) is 5.42. The zero-order chi connectivity index (χ0) is 20.0. The van der Waals surface area contributed by atoms with Gasteiger partial charge in [0, 0.05) is 10.6 Å². The Hall–Kier alpha value is -2.83. The molecule has 7 heteroatoms. The number of hydrazone groups is 1. The molecule has 28 heavy (non-hydrogen) atoms. The summed E-state index contributed by atoms with van der Waals surface area (Å²) in [6, 6.07) is 21.2. The van der Waals surface area contributed by atoms with Gasteiger partial charge in [0.25, 0.3) is 10.0 Å². The van der Waals surface area contributed by atoms with Gasteiger partial charge in [-0.15, -0.1) is 0 Å². The molecule has 0 radical (unpaired) electrons. The molecular formula is C21H19ClN2O3S. The highest BCUT2D eigenvalue weighted by atomic mass is 35.5. The first-order chi connectivity index (χ1) is 13.4. The van der Waals surface area contributed by atoms with Crippen LogP contribution < -0.4 is 9.57 Å². The lowest BCUT2D eigenvalue weighted by atomic mass is 10.2. The molecular weight excluding hydrogens is 396 g/mol.